The van der Waals surface area contributed by atoms with Gasteiger partial charge in [0.25, 0.3) is 0 Å². The fraction of sp³-hybridized carbons (Fsp3) is 0.538. The molecule has 0 saturated carbocycles. The quantitative estimate of drug-likeness (QED) is 0.901. The Labute approximate surface area is 122 Å². The lowest BCUT2D eigenvalue weighted by molar-refractivity contribution is 0.446. The Bertz CT molecular complexity index is 648. The van der Waals surface area contributed by atoms with E-state index in [9.17, 15) is 0 Å². The van der Waals surface area contributed by atoms with Crippen molar-refractivity contribution >= 4 is 34.5 Å². The molecule has 0 amide bonds. The fourth-order valence-electron chi connectivity index (χ4n) is 2.52. The van der Waals surface area contributed by atoms with E-state index < -0.39 is 0 Å². The van der Waals surface area contributed by atoms with Gasteiger partial charge in [0.15, 0.2) is 16.6 Å². The number of anilines is 2. The van der Waals surface area contributed by atoms with E-state index in [1.54, 1.807) is 0 Å². The number of nitrogens with zero attached hydrogens (tertiary/aromatic N) is 3. The Morgan fingerprint density at radius 2 is 2.10 bits per heavy atom. The van der Waals surface area contributed by atoms with Crippen molar-refractivity contribution in [2.45, 2.75) is 25.8 Å². The predicted octanol–water partition coefficient (Wildman–Crippen LogP) is 1.99. The second kappa shape index (κ2) is 4.79. The smallest absolute Gasteiger partial charge is 0.222 e. The molecule has 3 rings (SSSR count). The maximum absolute atomic E-state index is 6.20. The molecule has 0 aromatic carbocycles. The van der Waals surface area contributed by atoms with Gasteiger partial charge in [-0.15, -0.1) is 0 Å². The van der Waals surface area contributed by atoms with Crippen LogP contribution in [0.5, 0.6) is 0 Å². The van der Waals surface area contributed by atoms with Crippen molar-refractivity contribution in [3.05, 3.63) is 10.8 Å². The summed E-state index contributed by atoms with van der Waals surface area (Å²) in [5, 5.41) is 3.60. The first-order valence-corrected chi connectivity index (χ1v) is 7.06. The maximum Gasteiger partial charge on any atom is 0.222 e. The van der Waals surface area contributed by atoms with Crippen LogP contribution in [0.3, 0.4) is 0 Å². The van der Waals surface area contributed by atoms with Crippen LogP contribution in [0.1, 0.15) is 25.3 Å². The maximum atomic E-state index is 6.20. The monoisotopic (exact) mass is 295 g/mol. The zero-order valence-electron chi connectivity index (χ0n) is 11.8. The molecule has 3 N–H and O–H groups in total. The van der Waals surface area contributed by atoms with Crippen LogP contribution in [-0.4, -0.2) is 36.1 Å². The van der Waals surface area contributed by atoms with Crippen molar-refractivity contribution < 1.29 is 4.42 Å². The van der Waals surface area contributed by atoms with Gasteiger partial charge >= 0.3 is 0 Å². The van der Waals surface area contributed by atoms with E-state index in [2.05, 4.69) is 34.0 Å². The number of hydrogen-bond acceptors (Lipinski definition) is 6. The standard InChI is InChI=1S/C13H18ClN5O/c1-6(2)8-9-10(20-11(8)14)12(18-13(15)17-9)19-4-7(5-19)16-3/h6-7,16H,4-5H2,1-3H3,(H2,15,17,18). The van der Waals surface area contributed by atoms with Crippen LogP contribution in [0.4, 0.5) is 11.8 Å². The zero-order valence-corrected chi connectivity index (χ0v) is 12.5. The van der Waals surface area contributed by atoms with E-state index in [1.807, 2.05) is 7.05 Å². The fourth-order valence-corrected chi connectivity index (χ4v) is 2.90. The van der Waals surface area contributed by atoms with Gasteiger partial charge in [-0.25, -0.2) is 4.98 Å². The van der Waals surface area contributed by atoms with Crippen LogP contribution >= 0.6 is 11.6 Å². The number of nitrogens with two attached hydrogens (primary N) is 1. The number of furan rings is 1. The molecule has 0 bridgehead atoms. The van der Waals surface area contributed by atoms with E-state index in [0.717, 1.165) is 30.0 Å². The summed E-state index contributed by atoms with van der Waals surface area (Å²) in [6.07, 6.45) is 0. The molecule has 1 saturated heterocycles. The third-order valence-corrected chi connectivity index (χ3v) is 3.97. The summed E-state index contributed by atoms with van der Waals surface area (Å²) < 4.78 is 5.70. The van der Waals surface area contributed by atoms with Crippen molar-refractivity contribution in [2.75, 3.05) is 30.8 Å². The summed E-state index contributed by atoms with van der Waals surface area (Å²) in [6.45, 7) is 5.85. The number of likely N-dealkylation sites (N-methyl/N-ethyl adjacent to an activating group) is 1. The lowest BCUT2D eigenvalue weighted by Gasteiger charge is -2.39. The Morgan fingerprint density at radius 3 is 2.70 bits per heavy atom. The van der Waals surface area contributed by atoms with Gasteiger partial charge in [-0.05, 0) is 24.6 Å². The van der Waals surface area contributed by atoms with E-state index in [-0.39, 0.29) is 11.9 Å². The van der Waals surface area contributed by atoms with Crippen molar-refractivity contribution in [3.63, 3.8) is 0 Å². The van der Waals surface area contributed by atoms with Crippen LogP contribution in [0.15, 0.2) is 4.42 Å². The molecule has 0 atom stereocenters. The number of fused-ring (bicyclic) bond motifs is 1. The van der Waals surface area contributed by atoms with Crippen molar-refractivity contribution in [1.29, 1.82) is 0 Å². The van der Waals surface area contributed by atoms with Gasteiger partial charge < -0.3 is 20.4 Å². The Balaban J connectivity index is 2.11. The van der Waals surface area contributed by atoms with Gasteiger partial charge in [0.05, 0.1) is 0 Å². The van der Waals surface area contributed by atoms with Gasteiger partial charge in [-0.2, -0.15) is 4.98 Å². The number of hydrogen-bond donors (Lipinski definition) is 2. The summed E-state index contributed by atoms with van der Waals surface area (Å²) in [5.41, 5.74) is 8.08. The van der Waals surface area contributed by atoms with Crippen LogP contribution < -0.4 is 16.0 Å². The SMILES string of the molecule is CNC1CN(c2nc(N)nc3c(C(C)C)c(Cl)oc23)C1. The minimum Gasteiger partial charge on any atom is -0.439 e. The molecular weight excluding hydrogens is 278 g/mol. The van der Waals surface area contributed by atoms with Gasteiger partial charge in [-0.3, -0.25) is 0 Å². The molecule has 0 aliphatic carbocycles. The molecule has 108 valence electrons. The molecule has 7 heteroatoms. The van der Waals surface area contributed by atoms with Crippen LogP contribution in [-0.2, 0) is 0 Å². The minimum absolute atomic E-state index is 0.215. The highest BCUT2D eigenvalue weighted by molar-refractivity contribution is 6.31. The summed E-state index contributed by atoms with van der Waals surface area (Å²) in [5.74, 6) is 1.19. The second-order valence-corrected chi connectivity index (χ2v) is 5.76. The van der Waals surface area contributed by atoms with Gasteiger partial charge in [0, 0.05) is 24.7 Å². The normalized spacial score (nSPS) is 16.1. The number of aromatic nitrogens is 2. The number of nitrogen functional groups attached to an aromatic ring is 1. The van der Waals surface area contributed by atoms with Crippen LogP contribution in [0.25, 0.3) is 11.1 Å². The Morgan fingerprint density at radius 1 is 1.40 bits per heavy atom. The molecule has 1 aliphatic heterocycles. The Kier molecular flexibility index (Phi) is 3.22. The summed E-state index contributed by atoms with van der Waals surface area (Å²) in [7, 11) is 1.95. The van der Waals surface area contributed by atoms with E-state index in [0.29, 0.717) is 16.8 Å². The highest BCUT2D eigenvalue weighted by Crippen LogP contribution is 2.38. The number of rotatable bonds is 3. The predicted molar refractivity (Wildman–Crippen MR) is 80.4 cm³/mol. The highest BCUT2D eigenvalue weighted by Gasteiger charge is 2.31. The molecule has 0 radical (unpaired) electrons. The third-order valence-electron chi connectivity index (χ3n) is 3.69. The molecule has 0 spiro atoms. The average Bonchev–Trinajstić information content (AvgIpc) is 2.63. The first kappa shape index (κ1) is 13.5. The van der Waals surface area contributed by atoms with Crippen molar-refractivity contribution in [3.8, 4) is 0 Å². The number of halogens is 1. The van der Waals surface area contributed by atoms with E-state index in [4.69, 9.17) is 21.8 Å². The van der Waals surface area contributed by atoms with Crippen molar-refractivity contribution in [1.82, 2.24) is 15.3 Å². The van der Waals surface area contributed by atoms with Crippen LogP contribution in [0.2, 0.25) is 5.22 Å². The summed E-state index contributed by atoms with van der Waals surface area (Å²) >= 11 is 6.20. The second-order valence-electron chi connectivity index (χ2n) is 5.42. The first-order valence-electron chi connectivity index (χ1n) is 6.68. The van der Waals surface area contributed by atoms with Crippen molar-refractivity contribution in [2.24, 2.45) is 0 Å². The average molecular weight is 296 g/mol. The highest BCUT2D eigenvalue weighted by atomic mass is 35.5. The lowest BCUT2D eigenvalue weighted by atomic mass is 10.1. The van der Waals surface area contributed by atoms with Gasteiger partial charge in [0.1, 0.15) is 5.52 Å². The largest absolute Gasteiger partial charge is 0.439 e. The summed E-state index contributed by atoms with van der Waals surface area (Å²) in [6, 6.07) is 0.469. The topological polar surface area (TPSA) is 80.2 Å². The zero-order chi connectivity index (χ0) is 14.4. The molecule has 3 heterocycles. The number of nitrogens with one attached hydrogen (secondary N) is 1. The van der Waals surface area contributed by atoms with Gasteiger partial charge in [-0.1, -0.05) is 13.8 Å². The summed E-state index contributed by atoms with van der Waals surface area (Å²) in [4.78, 5) is 10.7. The molecule has 2 aromatic heterocycles. The lowest BCUT2D eigenvalue weighted by Crippen LogP contribution is -2.57. The molecule has 2 aromatic rings. The molecular formula is C13H18ClN5O. The molecule has 20 heavy (non-hydrogen) atoms. The van der Waals surface area contributed by atoms with E-state index >= 15 is 0 Å². The molecule has 6 nitrogen and oxygen atoms in total. The minimum atomic E-state index is 0.215. The van der Waals surface area contributed by atoms with E-state index in [1.165, 1.54) is 0 Å². The molecule has 1 aliphatic rings. The van der Waals surface area contributed by atoms with Gasteiger partial charge in [0.2, 0.25) is 5.95 Å². The Hall–Kier alpha value is -1.53. The third kappa shape index (κ3) is 1.99. The molecule has 1 fully saturated rings. The van der Waals surface area contributed by atoms with Crippen LogP contribution in [0, 0.1) is 0 Å². The molecule has 0 unspecified atom stereocenters. The first-order chi connectivity index (χ1) is 9.51.